The molecule has 0 aromatic heterocycles. The number of carbonyl (C=O) groups excluding carboxylic acids is 3. The van der Waals surface area contributed by atoms with Gasteiger partial charge in [0.05, 0.1) is 11.4 Å². The van der Waals surface area contributed by atoms with Crippen molar-refractivity contribution in [3.63, 3.8) is 0 Å². The molecule has 1 aliphatic rings. The van der Waals surface area contributed by atoms with Crippen LogP contribution in [0.2, 0.25) is 0 Å². The van der Waals surface area contributed by atoms with Gasteiger partial charge in [0.15, 0.2) is 0 Å². The third-order valence-corrected chi connectivity index (χ3v) is 5.29. The van der Waals surface area contributed by atoms with Gasteiger partial charge in [-0.2, -0.15) is 0 Å². The second kappa shape index (κ2) is 8.39. The number of halogens is 1. The Hall–Kier alpha value is -2.93. The Balaban J connectivity index is 1.75. The third kappa shape index (κ3) is 4.31. The largest absolute Gasteiger partial charge is 0.342 e. The molecular weight excluding hydrogens is 379 g/mol. The second-order valence-corrected chi connectivity index (χ2v) is 7.33. The predicted octanol–water partition coefficient (Wildman–Crippen LogP) is 4.15. The summed E-state index contributed by atoms with van der Waals surface area (Å²) in [5.74, 6) is -0.905. The fraction of sp³-hybridized carbons (Fsp3) is 0.190. The first-order valence-corrected chi connectivity index (χ1v) is 9.56. The summed E-state index contributed by atoms with van der Waals surface area (Å²) in [5, 5.41) is -0.392. The van der Waals surface area contributed by atoms with Gasteiger partial charge in [0.1, 0.15) is 5.82 Å². The maximum atomic E-state index is 13.3. The molecule has 28 heavy (non-hydrogen) atoms. The minimum Gasteiger partial charge on any atom is -0.342 e. The van der Waals surface area contributed by atoms with Gasteiger partial charge < -0.3 is 4.90 Å². The van der Waals surface area contributed by atoms with Gasteiger partial charge in [-0.25, -0.2) is 4.39 Å². The predicted molar refractivity (Wildman–Crippen MR) is 107 cm³/mol. The van der Waals surface area contributed by atoms with Crippen molar-refractivity contribution >= 4 is 34.9 Å². The minimum atomic E-state index is -0.414. The van der Waals surface area contributed by atoms with E-state index in [1.807, 2.05) is 6.92 Å². The van der Waals surface area contributed by atoms with Crippen molar-refractivity contribution in [1.29, 1.82) is 0 Å². The van der Waals surface area contributed by atoms with Gasteiger partial charge in [0.25, 0.3) is 17.1 Å². The van der Waals surface area contributed by atoms with Crippen LogP contribution in [0, 0.1) is 5.82 Å². The summed E-state index contributed by atoms with van der Waals surface area (Å²) in [7, 11) is 1.73. The number of carbonyl (C=O) groups is 3. The third-order valence-electron chi connectivity index (χ3n) is 4.38. The molecule has 144 valence electrons. The SMILES string of the molecule is CCN(C)C(=O)c1ccc(/C=C2\SC(=O)N(Cc3cccc(F)c3)C2=O)cc1. The first kappa shape index (κ1) is 19.8. The Labute approximate surface area is 166 Å². The fourth-order valence-corrected chi connectivity index (χ4v) is 3.53. The average molecular weight is 398 g/mol. The number of hydrogen-bond donors (Lipinski definition) is 0. The van der Waals surface area contributed by atoms with Crippen molar-refractivity contribution in [3.8, 4) is 0 Å². The molecule has 0 N–H and O–H groups in total. The van der Waals surface area contributed by atoms with Crippen LogP contribution in [0.4, 0.5) is 9.18 Å². The lowest BCUT2D eigenvalue weighted by Crippen LogP contribution is -2.27. The van der Waals surface area contributed by atoms with Crippen LogP contribution in [0.5, 0.6) is 0 Å². The number of amides is 3. The van der Waals surface area contributed by atoms with E-state index < -0.39 is 17.0 Å². The molecular formula is C21H19FN2O3S. The molecule has 1 heterocycles. The highest BCUT2D eigenvalue weighted by Gasteiger charge is 2.35. The number of rotatable bonds is 5. The summed E-state index contributed by atoms with van der Waals surface area (Å²) in [6.45, 7) is 2.53. The smallest absolute Gasteiger partial charge is 0.293 e. The lowest BCUT2D eigenvalue weighted by molar-refractivity contribution is -0.123. The minimum absolute atomic E-state index is 0.0244. The molecule has 1 saturated heterocycles. The number of nitrogens with zero attached hydrogens (tertiary/aromatic N) is 2. The Morgan fingerprint density at radius 1 is 1.18 bits per heavy atom. The Bertz CT molecular complexity index is 956. The van der Waals surface area contributed by atoms with Gasteiger partial charge in [-0.15, -0.1) is 0 Å². The quantitative estimate of drug-likeness (QED) is 0.710. The summed E-state index contributed by atoms with van der Waals surface area (Å²) in [5.41, 5.74) is 1.82. The monoisotopic (exact) mass is 398 g/mol. The highest BCUT2D eigenvalue weighted by atomic mass is 32.2. The van der Waals surface area contributed by atoms with E-state index in [1.54, 1.807) is 54.4 Å². The molecule has 0 saturated carbocycles. The number of hydrogen-bond acceptors (Lipinski definition) is 4. The van der Waals surface area contributed by atoms with Crippen LogP contribution in [0.25, 0.3) is 6.08 Å². The van der Waals surface area contributed by atoms with E-state index in [0.29, 0.717) is 28.1 Å². The first-order valence-electron chi connectivity index (χ1n) is 8.74. The summed E-state index contributed by atoms with van der Waals surface area (Å²) >= 11 is 0.849. The molecule has 1 aliphatic heterocycles. The molecule has 5 nitrogen and oxygen atoms in total. The van der Waals surface area contributed by atoms with E-state index in [9.17, 15) is 18.8 Å². The summed E-state index contributed by atoms with van der Waals surface area (Å²) in [4.78, 5) is 39.9. The van der Waals surface area contributed by atoms with E-state index in [0.717, 1.165) is 16.7 Å². The molecule has 1 fully saturated rings. The molecule has 2 aromatic rings. The Morgan fingerprint density at radius 3 is 2.54 bits per heavy atom. The molecule has 0 unspecified atom stereocenters. The maximum Gasteiger partial charge on any atom is 0.293 e. The molecule has 0 bridgehead atoms. The molecule has 0 spiro atoms. The van der Waals surface area contributed by atoms with Crippen molar-refractivity contribution in [2.45, 2.75) is 13.5 Å². The van der Waals surface area contributed by atoms with Crippen LogP contribution in [-0.2, 0) is 11.3 Å². The van der Waals surface area contributed by atoms with E-state index in [4.69, 9.17) is 0 Å². The van der Waals surface area contributed by atoms with Crippen molar-refractivity contribution in [1.82, 2.24) is 9.80 Å². The molecule has 3 amide bonds. The van der Waals surface area contributed by atoms with E-state index in [2.05, 4.69) is 0 Å². The summed E-state index contributed by atoms with van der Waals surface area (Å²) < 4.78 is 13.3. The highest BCUT2D eigenvalue weighted by Crippen LogP contribution is 2.33. The zero-order valence-corrected chi connectivity index (χ0v) is 16.3. The van der Waals surface area contributed by atoms with Crippen LogP contribution < -0.4 is 0 Å². The summed E-state index contributed by atoms with van der Waals surface area (Å²) in [6, 6.07) is 12.7. The van der Waals surface area contributed by atoms with Gasteiger partial charge in [-0.3, -0.25) is 19.3 Å². The Morgan fingerprint density at radius 2 is 1.89 bits per heavy atom. The number of imide groups is 1. The van der Waals surface area contributed by atoms with Crippen molar-refractivity contribution in [3.05, 3.63) is 75.9 Å². The van der Waals surface area contributed by atoms with E-state index >= 15 is 0 Å². The molecule has 3 rings (SSSR count). The number of benzene rings is 2. The van der Waals surface area contributed by atoms with Crippen molar-refractivity contribution < 1.29 is 18.8 Å². The average Bonchev–Trinajstić information content (AvgIpc) is 2.95. The zero-order valence-electron chi connectivity index (χ0n) is 15.5. The van der Waals surface area contributed by atoms with Crippen molar-refractivity contribution in [2.75, 3.05) is 13.6 Å². The van der Waals surface area contributed by atoms with Crippen molar-refractivity contribution in [2.24, 2.45) is 0 Å². The van der Waals surface area contributed by atoms with E-state index in [1.165, 1.54) is 12.1 Å². The second-order valence-electron chi connectivity index (χ2n) is 6.34. The highest BCUT2D eigenvalue weighted by molar-refractivity contribution is 8.18. The molecule has 7 heteroatoms. The normalized spacial score (nSPS) is 15.4. The molecule has 0 radical (unpaired) electrons. The molecule has 0 aliphatic carbocycles. The van der Waals surface area contributed by atoms with Gasteiger partial charge in [-0.05, 0) is 60.2 Å². The molecule has 2 aromatic carbocycles. The van der Waals surface area contributed by atoms with Gasteiger partial charge in [0.2, 0.25) is 0 Å². The topological polar surface area (TPSA) is 57.7 Å². The number of thioether (sulfide) groups is 1. The zero-order chi connectivity index (χ0) is 20.3. The van der Waals surface area contributed by atoms with Crippen LogP contribution in [-0.4, -0.2) is 40.4 Å². The fourth-order valence-electron chi connectivity index (χ4n) is 2.69. The van der Waals surface area contributed by atoms with Crippen LogP contribution in [0.15, 0.2) is 53.4 Å². The lowest BCUT2D eigenvalue weighted by atomic mass is 10.1. The molecule has 0 atom stereocenters. The first-order chi connectivity index (χ1) is 13.4. The standard InChI is InChI=1S/C21H19FN2O3S/c1-3-23(2)19(25)16-9-7-14(8-10-16)12-18-20(26)24(21(27)28-18)13-15-5-4-6-17(22)11-15/h4-12H,3,13H2,1-2H3/b18-12-. The van der Waals surface area contributed by atoms with Crippen LogP contribution in [0.3, 0.4) is 0 Å². The van der Waals surface area contributed by atoms with E-state index in [-0.39, 0.29) is 12.5 Å². The van der Waals surface area contributed by atoms with Gasteiger partial charge in [-0.1, -0.05) is 24.3 Å². The summed E-state index contributed by atoms with van der Waals surface area (Å²) in [6.07, 6.45) is 1.62. The maximum absolute atomic E-state index is 13.3. The van der Waals surface area contributed by atoms with Gasteiger partial charge >= 0.3 is 0 Å². The van der Waals surface area contributed by atoms with Crippen LogP contribution >= 0.6 is 11.8 Å². The lowest BCUT2D eigenvalue weighted by Gasteiger charge is -2.14. The van der Waals surface area contributed by atoms with Gasteiger partial charge in [0, 0.05) is 19.2 Å². The van der Waals surface area contributed by atoms with Crippen LogP contribution in [0.1, 0.15) is 28.4 Å². The Kier molecular flexibility index (Phi) is 5.94.